The van der Waals surface area contributed by atoms with Gasteiger partial charge in [-0.15, -0.1) is 0 Å². The van der Waals surface area contributed by atoms with Crippen molar-refractivity contribution in [2.45, 2.75) is 13.8 Å². The summed E-state index contributed by atoms with van der Waals surface area (Å²) < 4.78 is 6.32. The monoisotopic (exact) mass is 321 g/mol. The van der Waals surface area contributed by atoms with Gasteiger partial charge in [-0.25, -0.2) is 0 Å². The zero-order valence-electron chi connectivity index (χ0n) is 10.5. The van der Waals surface area contributed by atoms with Gasteiger partial charge in [-0.05, 0) is 43.2 Å². The maximum atomic E-state index is 11.0. The zero-order valence-corrected chi connectivity index (χ0v) is 12.1. The molecule has 0 heterocycles. The Kier molecular flexibility index (Phi) is 3.85. The van der Waals surface area contributed by atoms with Crippen LogP contribution in [0.1, 0.15) is 11.1 Å². The average molecular weight is 322 g/mol. The van der Waals surface area contributed by atoms with Crippen LogP contribution < -0.4 is 4.74 Å². The number of hydrogen-bond donors (Lipinski definition) is 0. The Morgan fingerprint density at radius 2 is 1.89 bits per heavy atom. The van der Waals surface area contributed by atoms with E-state index in [0.29, 0.717) is 10.2 Å². The molecule has 98 valence electrons. The van der Waals surface area contributed by atoms with Crippen LogP contribution in [0.3, 0.4) is 0 Å². The van der Waals surface area contributed by atoms with Crippen LogP contribution in [-0.2, 0) is 0 Å². The molecule has 0 aliphatic heterocycles. The standard InChI is InChI=1S/C14H12BrNO3/c1-9-4-3-5-13(10(9)2)19-14-7-6-11(15)8-12(14)16(17)18/h3-8H,1-2H3. The van der Waals surface area contributed by atoms with E-state index in [2.05, 4.69) is 15.9 Å². The molecule has 2 aromatic rings. The van der Waals surface area contributed by atoms with Crippen LogP contribution in [0, 0.1) is 24.0 Å². The Hall–Kier alpha value is -1.88. The van der Waals surface area contributed by atoms with Gasteiger partial charge in [0.2, 0.25) is 5.75 Å². The summed E-state index contributed by atoms with van der Waals surface area (Å²) >= 11 is 3.22. The lowest BCUT2D eigenvalue weighted by atomic mass is 10.1. The minimum Gasteiger partial charge on any atom is -0.450 e. The highest BCUT2D eigenvalue weighted by molar-refractivity contribution is 9.10. The number of nitrogens with zero attached hydrogens (tertiary/aromatic N) is 1. The van der Waals surface area contributed by atoms with Crippen LogP contribution in [0.5, 0.6) is 11.5 Å². The van der Waals surface area contributed by atoms with Crippen molar-refractivity contribution in [1.29, 1.82) is 0 Å². The predicted octanol–water partition coefficient (Wildman–Crippen LogP) is 4.77. The van der Waals surface area contributed by atoms with E-state index in [1.807, 2.05) is 26.0 Å². The van der Waals surface area contributed by atoms with E-state index in [1.54, 1.807) is 18.2 Å². The normalized spacial score (nSPS) is 10.3. The molecule has 0 bridgehead atoms. The van der Waals surface area contributed by atoms with E-state index >= 15 is 0 Å². The van der Waals surface area contributed by atoms with Crippen molar-refractivity contribution in [2.75, 3.05) is 0 Å². The highest BCUT2D eigenvalue weighted by atomic mass is 79.9. The average Bonchev–Trinajstić information content (AvgIpc) is 2.36. The van der Waals surface area contributed by atoms with E-state index < -0.39 is 4.92 Å². The Balaban J connectivity index is 2.44. The smallest absolute Gasteiger partial charge is 0.312 e. The molecule has 0 saturated heterocycles. The van der Waals surface area contributed by atoms with Gasteiger partial charge in [-0.3, -0.25) is 10.1 Å². The van der Waals surface area contributed by atoms with Crippen molar-refractivity contribution < 1.29 is 9.66 Å². The molecule has 0 atom stereocenters. The van der Waals surface area contributed by atoms with Crippen molar-refractivity contribution in [3.05, 3.63) is 62.1 Å². The van der Waals surface area contributed by atoms with Crippen molar-refractivity contribution >= 4 is 21.6 Å². The molecule has 5 heteroatoms. The highest BCUT2D eigenvalue weighted by Gasteiger charge is 2.17. The second-order valence-corrected chi connectivity index (χ2v) is 5.08. The summed E-state index contributed by atoms with van der Waals surface area (Å²) in [5.74, 6) is 0.868. The minimum absolute atomic E-state index is 0.0599. The fourth-order valence-electron chi connectivity index (χ4n) is 1.67. The number of benzene rings is 2. The van der Waals surface area contributed by atoms with E-state index in [1.165, 1.54) is 6.07 Å². The van der Waals surface area contributed by atoms with E-state index in [-0.39, 0.29) is 11.4 Å². The number of hydrogen-bond acceptors (Lipinski definition) is 3. The lowest BCUT2D eigenvalue weighted by molar-refractivity contribution is -0.385. The summed E-state index contributed by atoms with van der Waals surface area (Å²) in [5, 5.41) is 11.0. The van der Waals surface area contributed by atoms with Crippen LogP contribution in [-0.4, -0.2) is 4.92 Å². The highest BCUT2D eigenvalue weighted by Crippen LogP contribution is 2.35. The molecular weight excluding hydrogens is 310 g/mol. The van der Waals surface area contributed by atoms with Gasteiger partial charge in [0.15, 0.2) is 0 Å². The fraction of sp³-hybridized carbons (Fsp3) is 0.143. The maximum absolute atomic E-state index is 11.0. The third-order valence-electron chi connectivity index (χ3n) is 2.89. The van der Waals surface area contributed by atoms with Gasteiger partial charge in [0.1, 0.15) is 5.75 Å². The maximum Gasteiger partial charge on any atom is 0.312 e. The molecule has 0 aliphatic rings. The van der Waals surface area contributed by atoms with E-state index in [4.69, 9.17) is 4.74 Å². The summed E-state index contributed by atoms with van der Waals surface area (Å²) in [5.41, 5.74) is 1.99. The summed E-state index contributed by atoms with van der Waals surface area (Å²) in [4.78, 5) is 10.6. The second kappa shape index (κ2) is 5.40. The fourth-order valence-corrected chi connectivity index (χ4v) is 2.02. The Bertz CT molecular complexity index is 641. The summed E-state index contributed by atoms with van der Waals surface area (Å²) in [6.07, 6.45) is 0. The Labute approximate surface area is 119 Å². The molecule has 0 N–H and O–H groups in total. The summed E-state index contributed by atoms with van der Waals surface area (Å²) in [6, 6.07) is 10.4. The first-order valence-electron chi connectivity index (χ1n) is 5.67. The Morgan fingerprint density at radius 1 is 1.16 bits per heavy atom. The SMILES string of the molecule is Cc1cccc(Oc2ccc(Br)cc2[N+](=O)[O-])c1C. The van der Waals surface area contributed by atoms with E-state index in [0.717, 1.165) is 11.1 Å². The van der Waals surface area contributed by atoms with Gasteiger partial charge in [0, 0.05) is 10.5 Å². The molecule has 19 heavy (non-hydrogen) atoms. The zero-order chi connectivity index (χ0) is 14.0. The summed E-state index contributed by atoms with van der Waals surface area (Å²) in [6.45, 7) is 3.90. The molecular formula is C14H12BrNO3. The molecule has 0 aromatic heterocycles. The molecule has 2 rings (SSSR count). The van der Waals surface area contributed by atoms with Crippen molar-refractivity contribution in [2.24, 2.45) is 0 Å². The minimum atomic E-state index is -0.453. The molecule has 0 radical (unpaired) electrons. The van der Waals surface area contributed by atoms with Gasteiger partial charge < -0.3 is 4.74 Å². The first kappa shape index (κ1) is 13.5. The van der Waals surface area contributed by atoms with Crippen molar-refractivity contribution in [3.8, 4) is 11.5 Å². The van der Waals surface area contributed by atoms with Crippen LogP contribution >= 0.6 is 15.9 Å². The van der Waals surface area contributed by atoms with Crippen molar-refractivity contribution in [3.63, 3.8) is 0 Å². The number of ether oxygens (including phenoxy) is 1. The molecule has 0 amide bonds. The number of rotatable bonds is 3. The van der Waals surface area contributed by atoms with Crippen LogP contribution in [0.25, 0.3) is 0 Å². The largest absolute Gasteiger partial charge is 0.450 e. The van der Waals surface area contributed by atoms with Gasteiger partial charge in [-0.1, -0.05) is 28.1 Å². The Morgan fingerprint density at radius 3 is 2.58 bits per heavy atom. The first-order chi connectivity index (χ1) is 8.99. The topological polar surface area (TPSA) is 52.4 Å². The van der Waals surface area contributed by atoms with Crippen LogP contribution in [0.2, 0.25) is 0 Å². The van der Waals surface area contributed by atoms with Crippen LogP contribution in [0.15, 0.2) is 40.9 Å². The molecule has 0 aliphatic carbocycles. The lowest BCUT2D eigenvalue weighted by Gasteiger charge is -2.10. The molecule has 0 saturated carbocycles. The summed E-state index contributed by atoms with van der Waals surface area (Å²) in [7, 11) is 0. The first-order valence-corrected chi connectivity index (χ1v) is 6.46. The second-order valence-electron chi connectivity index (χ2n) is 4.17. The lowest BCUT2D eigenvalue weighted by Crippen LogP contribution is -1.95. The number of halogens is 1. The number of nitro benzene ring substituents is 1. The predicted molar refractivity (Wildman–Crippen MR) is 76.8 cm³/mol. The third-order valence-corrected chi connectivity index (χ3v) is 3.39. The number of aryl methyl sites for hydroxylation is 1. The molecule has 4 nitrogen and oxygen atoms in total. The van der Waals surface area contributed by atoms with Gasteiger partial charge >= 0.3 is 5.69 Å². The molecule has 0 spiro atoms. The van der Waals surface area contributed by atoms with E-state index in [9.17, 15) is 10.1 Å². The molecule has 0 unspecified atom stereocenters. The van der Waals surface area contributed by atoms with Gasteiger partial charge in [-0.2, -0.15) is 0 Å². The molecule has 2 aromatic carbocycles. The van der Waals surface area contributed by atoms with Crippen molar-refractivity contribution in [1.82, 2.24) is 0 Å². The number of nitro groups is 1. The van der Waals surface area contributed by atoms with Gasteiger partial charge in [0.25, 0.3) is 0 Å². The molecule has 0 fully saturated rings. The quantitative estimate of drug-likeness (QED) is 0.604. The third kappa shape index (κ3) is 2.93. The van der Waals surface area contributed by atoms with Crippen LogP contribution in [0.4, 0.5) is 5.69 Å². The van der Waals surface area contributed by atoms with Gasteiger partial charge in [0.05, 0.1) is 4.92 Å².